The fourth-order valence-electron chi connectivity index (χ4n) is 2.94. The van der Waals surface area contributed by atoms with Crippen LogP contribution < -0.4 is 10.9 Å². The van der Waals surface area contributed by atoms with E-state index in [0.29, 0.717) is 26.1 Å². The lowest BCUT2D eigenvalue weighted by atomic mass is 10.1. The number of nitrogens with one attached hydrogen (secondary N) is 1. The van der Waals surface area contributed by atoms with Gasteiger partial charge < -0.3 is 9.88 Å². The van der Waals surface area contributed by atoms with Crippen molar-refractivity contribution in [3.8, 4) is 0 Å². The van der Waals surface area contributed by atoms with E-state index in [4.69, 9.17) is 0 Å². The molecule has 0 saturated heterocycles. The van der Waals surface area contributed by atoms with Crippen molar-refractivity contribution in [2.75, 3.05) is 19.6 Å². The number of carbonyl (C=O) groups is 1. The molecule has 0 aliphatic carbocycles. The van der Waals surface area contributed by atoms with Crippen molar-refractivity contribution >= 4 is 15.9 Å². The molecule has 152 valence electrons. The zero-order chi connectivity index (χ0) is 20.7. The summed E-state index contributed by atoms with van der Waals surface area (Å²) in [7, 11) is -3.69. The van der Waals surface area contributed by atoms with E-state index < -0.39 is 15.6 Å². The Kier molecular flexibility index (Phi) is 7.53. The van der Waals surface area contributed by atoms with Crippen molar-refractivity contribution < 1.29 is 13.2 Å². The summed E-state index contributed by atoms with van der Waals surface area (Å²) in [6.45, 7) is 6.38. The Morgan fingerprint density at radius 2 is 1.79 bits per heavy atom. The Labute approximate surface area is 166 Å². The van der Waals surface area contributed by atoms with Crippen LogP contribution in [-0.4, -0.2) is 42.8 Å². The summed E-state index contributed by atoms with van der Waals surface area (Å²) in [6.07, 6.45) is 1.92. The highest BCUT2D eigenvalue weighted by molar-refractivity contribution is 7.89. The number of hydrogen-bond acceptors (Lipinski definition) is 4. The average Bonchev–Trinajstić information content (AvgIpc) is 2.65. The molecule has 1 aromatic heterocycles. The lowest BCUT2D eigenvalue weighted by molar-refractivity contribution is -0.121. The molecule has 8 heteroatoms. The van der Waals surface area contributed by atoms with Crippen LogP contribution in [0.4, 0.5) is 0 Å². The van der Waals surface area contributed by atoms with E-state index in [0.717, 1.165) is 15.7 Å². The number of nitrogens with zero attached hydrogens (tertiary/aromatic N) is 2. The molecule has 0 radical (unpaired) electrons. The first-order valence-corrected chi connectivity index (χ1v) is 10.8. The highest BCUT2D eigenvalue weighted by atomic mass is 32.2. The minimum atomic E-state index is -3.69. The number of rotatable bonds is 9. The van der Waals surface area contributed by atoms with E-state index >= 15 is 0 Å². The molecule has 0 aliphatic heterocycles. The third kappa shape index (κ3) is 5.30. The molecule has 0 spiro atoms. The monoisotopic (exact) mass is 405 g/mol. The van der Waals surface area contributed by atoms with Crippen LogP contribution in [0.25, 0.3) is 0 Å². The quantitative estimate of drug-likeness (QED) is 0.686. The Bertz CT molecular complexity index is 979. The third-order valence-electron chi connectivity index (χ3n) is 4.59. The molecule has 7 nitrogen and oxygen atoms in total. The first kappa shape index (κ1) is 21.8. The number of aryl methyl sites for hydroxylation is 1. The normalized spacial score (nSPS) is 11.6. The van der Waals surface area contributed by atoms with E-state index in [-0.39, 0.29) is 17.3 Å². The Balaban J connectivity index is 2.06. The van der Waals surface area contributed by atoms with Gasteiger partial charge in [0.05, 0.1) is 4.90 Å². The van der Waals surface area contributed by atoms with Crippen LogP contribution in [0, 0.1) is 6.92 Å². The molecule has 1 heterocycles. The molecule has 0 fully saturated rings. The zero-order valence-corrected chi connectivity index (χ0v) is 17.3. The SMILES string of the molecule is CCN(CC)S(=O)(=O)c1ccc(=O)n(CC(=O)NCCc2ccccc2C)c1. The van der Waals surface area contributed by atoms with Gasteiger partial charge in [-0.2, -0.15) is 4.31 Å². The van der Waals surface area contributed by atoms with Gasteiger partial charge in [-0.1, -0.05) is 38.1 Å². The van der Waals surface area contributed by atoms with E-state index in [1.807, 2.05) is 31.2 Å². The van der Waals surface area contributed by atoms with Crippen molar-refractivity contribution in [2.45, 2.75) is 38.6 Å². The van der Waals surface area contributed by atoms with Gasteiger partial charge in [0.2, 0.25) is 15.9 Å². The predicted octanol–water partition coefficient (Wildman–Crippen LogP) is 1.55. The van der Waals surface area contributed by atoms with E-state index in [9.17, 15) is 18.0 Å². The Morgan fingerprint density at radius 1 is 1.11 bits per heavy atom. The molecular formula is C20H27N3O4S. The van der Waals surface area contributed by atoms with Crippen LogP contribution in [0.5, 0.6) is 0 Å². The predicted molar refractivity (Wildman–Crippen MR) is 109 cm³/mol. The summed E-state index contributed by atoms with van der Waals surface area (Å²) in [4.78, 5) is 24.3. The van der Waals surface area contributed by atoms with Crippen LogP contribution in [0.15, 0.2) is 52.3 Å². The van der Waals surface area contributed by atoms with Gasteiger partial charge in [0.25, 0.3) is 5.56 Å². The maximum absolute atomic E-state index is 12.6. The molecular weight excluding hydrogens is 378 g/mol. The van der Waals surface area contributed by atoms with Crippen LogP contribution in [0.3, 0.4) is 0 Å². The summed E-state index contributed by atoms with van der Waals surface area (Å²) in [6, 6.07) is 10.4. The van der Waals surface area contributed by atoms with Gasteiger partial charge in [0.15, 0.2) is 0 Å². The van der Waals surface area contributed by atoms with Crippen molar-refractivity contribution in [1.82, 2.24) is 14.2 Å². The van der Waals surface area contributed by atoms with Crippen LogP contribution in [0.2, 0.25) is 0 Å². The summed E-state index contributed by atoms with van der Waals surface area (Å²) in [5.74, 6) is -0.340. The number of carbonyl (C=O) groups excluding carboxylic acids is 1. The van der Waals surface area contributed by atoms with Crippen molar-refractivity contribution in [3.63, 3.8) is 0 Å². The van der Waals surface area contributed by atoms with Gasteiger partial charge in [0.1, 0.15) is 6.54 Å². The Morgan fingerprint density at radius 3 is 2.43 bits per heavy atom. The van der Waals surface area contributed by atoms with E-state index in [1.54, 1.807) is 13.8 Å². The maximum Gasteiger partial charge on any atom is 0.251 e. The number of benzene rings is 1. The number of sulfonamides is 1. The lowest BCUT2D eigenvalue weighted by Gasteiger charge is -2.19. The second-order valence-electron chi connectivity index (χ2n) is 6.45. The van der Waals surface area contributed by atoms with Gasteiger partial charge in [0, 0.05) is 31.9 Å². The maximum atomic E-state index is 12.6. The number of hydrogen-bond donors (Lipinski definition) is 1. The highest BCUT2D eigenvalue weighted by Crippen LogP contribution is 2.13. The van der Waals surface area contributed by atoms with Crippen molar-refractivity contribution in [1.29, 1.82) is 0 Å². The van der Waals surface area contributed by atoms with Gasteiger partial charge in [-0.3, -0.25) is 9.59 Å². The van der Waals surface area contributed by atoms with Crippen LogP contribution in [0.1, 0.15) is 25.0 Å². The van der Waals surface area contributed by atoms with Crippen LogP contribution >= 0.6 is 0 Å². The molecule has 0 aliphatic rings. The second-order valence-corrected chi connectivity index (χ2v) is 8.38. The molecule has 2 rings (SSSR count). The highest BCUT2D eigenvalue weighted by Gasteiger charge is 2.22. The minimum Gasteiger partial charge on any atom is -0.354 e. The third-order valence-corrected chi connectivity index (χ3v) is 6.62. The summed E-state index contributed by atoms with van der Waals surface area (Å²) >= 11 is 0. The molecule has 0 saturated carbocycles. The fraction of sp³-hybridized carbons (Fsp3) is 0.400. The smallest absolute Gasteiger partial charge is 0.251 e. The standard InChI is InChI=1S/C20H27N3O4S/c1-4-23(5-2)28(26,27)18-10-11-20(25)22(14-18)15-19(24)21-13-12-17-9-7-6-8-16(17)3/h6-11,14H,4-5,12-13,15H2,1-3H3,(H,21,24). The number of aromatic nitrogens is 1. The summed E-state index contributed by atoms with van der Waals surface area (Å²) in [5, 5.41) is 2.78. The molecule has 1 N–H and O–H groups in total. The topological polar surface area (TPSA) is 88.5 Å². The summed E-state index contributed by atoms with van der Waals surface area (Å²) < 4.78 is 27.7. The molecule has 0 bridgehead atoms. The lowest BCUT2D eigenvalue weighted by Crippen LogP contribution is -2.35. The molecule has 2 aromatic rings. The largest absolute Gasteiger partial charge is 0.354 e. The second kappa shape index (κ2) is 9.66. The van der Waals surface area contributed by atoms with Gasteiger partial charge in [-0.25, -0.2) is 8.42 Å². The van der Waals surface area contributed by atoms with Gasteiger partial charge in [-0.05, 0) is 30.5 Å². The molecule has 1 amide bonds. The molecule has 1 aromatic carbocycles. The fourth-order valence-corrected chi connectivity index (χ4v) is 4.41. The zero-order valence-electron chi connectivity index (χ0n) is 16.5. The average molecular weight is 406 g/mol. The Hall–Kier alpha value is -2.45. The van der Waals surface area contributed by atoms with E-state index in [2.05, 4.69) is 5.32 Å². The summed E-state index contributed by atoms with van der Waals surface area (Å²) in [5.41, 5.74) is 1.88. The number of pyridine rings is 1. The number of amides is 1. The van der Waals surface area contributed by atoms with Crippen LogP contribution in [-0.2, 0) is 27.8 Å². The van der Waals surface area contributed by atoms with Gasteiger partial charge >= 0.3 is 0 Å². The molecule has 0 atom stereocenters. The molecule has 28 heavy (non-hydrogen) atoms. The van der Waals surface area contributed by atoms with Gasteiger partial charge in [-0.15, -0.1) is 0 Å². The van der Waals surface area contributed by atoms with E-state index in [1.165, 1.54) is 22.6 Å². The van der Waals surface area contributed by atoms with Crippen molar-refractivity contribution in [2.24, 2.45) is 0 Å². The first-order chi connectivity index (χ1) is 13.3. The van der Waals surface area contributed by atoms with Crippen molar-refractivity contribution in [3.05, 3.63) is 64.1 Å². The minimum absolute atomic E-state index is 0.00325. The molecule has 0 unspecified atom stereocenters. The first-order valence-electron chi connectivity index (χ1n) is 9.31.